The number of aryl methyl sites for hydroxylation is 1. The zero-order valence-corrected chi connectivity index (χ0v) is 10.9. The van der Waals surface area contributed by atoms with Crippen molar-refractivity contribution in [2.75, 3.05) is 5.32 Å². The van der Waals surface area contributed by atoms with Crippen LogP contribution in [0.2, 0.25) is 0 Å². The van der Waals surface area contributed by atoms with Crippen molar-refractivity contribution in [1.82, 2.24) is 19.6 Å². The Kier molecular flexibility index (Phi) is 3.64. The third-order valence-corrected chi connectivity index (χ3v) is 2.76. The van der Waals surface area contributed by atoms with Crippen LogP contribution in [-0.4, -0.2) is 19.6 Å². The SMILES string of the molecule is CCn1ncc(CNc2cnn(C(C)C)c2)c1F. The van der Waals surface area contributed by atoms with Gasteiger partial charge in [-0.3, -0.25) is 4.68 Å². The molecule has 2 aromatic rings. The standard InChI is InChI=1S/C12H18FN5/c1-4-17-12(13)10(6-15-17)5-14-11-7-16-18(8-11)9(2)3/h6-9,14H,4-5H2,1-3H3. The third kappa shape index (κ3) is 2.52. The molecule has 18 heavy (non-hydrogen) atoms. The zero-order chi connectivity index (χ0) is 13.1. The number of anilines is 1. The van der Waals surface area contributed by atoms with Crippen LogP contribution in [0.4, 0.5) is 10.1 Å². The van der Waals surface area contributed by atoms with Crippen molar-refractivity contribution in [2.45, 2.75) is 39.9 Å². The topological polar surface area (TPSA) is 47.7 Å². The second kappa shape index (κ2) is 5.20. The van der Waals surface area contributed by atoms with Gasteiger partial charge in [-0.25, -0.2) is 4.68 Å². The largest absolute Gasteiger partial charge is 0.378 e. The van der Waals surface area contributed by atoms with Gasteiger partial charge >= 0.3 is 0 Å². The van der Waals surface area contributed by atoms with Gasteiger partial charge in [-0.15, -0.1) is 0 Å². The summed E-state index contributed by atoms with van der Waals surface area (Å²) < 4.78 is 16.9. The van der Waals surface area contributed by atoms with Crippen molar-refractivity contribution in [2.24, 2.45) is 0 Å². The van der Waals surface area contributed by atoms with Crippen LogP contribution in [0.25, 0.3) is 0 Å². The lowest BCUT2D eigenvalue weighted by Gasteiger charge is -2.04. The highest BCUT2D eigenvalue weighted by atomic mass is 19.1. The summed E-state index contributed by atoms with van der Waals surface area (Å²) in [5, 5.41) is 11.3. The second-order valence-electron chi connectivity index (χ2n) is 4.43. The molecule has 0 aromatic carbocycles. The van der Waals surface area contributed by atoms with Gasteiger partial charge in [0, 0.05) is 30.9 Å². The molecule has 0 radical (unpaired) electrons. The van der Waals surface area contributed by atoms with Crippen LogP contribution in [0.15, 0.2) is 18.6 Å². The Morgan fingerprint density at radius 1 is 1.33 bits per heavy atom. The smallest absolute Gasteiger partial charge is 0.216 e. The fraction of sp³-hybridized carbons (Fsp3) is 0.500. The lowest BCUT2D eigenvalue weighted by atomic mass is 10.3. The molecule has 0 bridgehead atoms. The Balaban J connectivity index is 2.00. The van der Waals surface area contributed by atoms with E-state index in [4.69, 9.17) is 0 Å². The van der Waals surface area contributed by atoms with Gasteiger partial charge in [0.15, 0.2) is 0 Å². The normalized spacial score (nSPS) is 11.2. The van der Waals surface area contributed by atoms with Crippen molar-refractivity contribution in [3.05, 3.63) is 30.1 Å². The van der Waals surface area contributed by atoms with Crippen LogP contribution < -0.4 is 5.32 Å². The Hall–Kier alpha value is -1.85. The molecule has 1 N–H and O–H groups in total. The van der Waals surface area contributed by atoms with Crippen molar-refractivity contribution < 1.29 is 4.39 Å². The van der Waals surface area contributed by atoms with E-state index in [-0.39, 0.29) is 5.95 Å². The third-order valence-electron chi connectivity index (χ3n) is 2.76. The van der Waals surface area contributed by atoms with Gasteiger partial charge in [0.2, 0.25) is 5.95 Å². The van der Waals surface area contributed by atoms with Gasteiger partial charge in [0.25, 0.3) is 0 Å². The molecule has 0 saturated carbocycles. The Labute approximate surface area is 106 Å². The highest BCUT2D eigenvalue weighted by molar-refractivity contribution is 5.39. The number of nitrogens with zero attached hydrogens (tertiary/aromatic N) is 4. The quantitative estimate of drug-likeness (QED) is 0.887. The molecule has 0 atom stereocenters. The van der Waals surface area contributed by atoms with Crippen LogP contribution in [0.1, 0.15) is 32.4 Å². The molecule has 0 aliphatic carbocycles. The molecular formula is C12H18FN5. The zero-order valence-electron chi connectivity index (χ0n) is 10.9. The fourth-order valence-corrected chi connectivity index (χ4v) is 1.66. The molecule has 0 amide bonds. The number of hydrogen-bond acceptors (Lipinski definition) is 3. The lowest BCUT2D eigenvalue weighted by Crippen LogP contribution is -2.04. The van der Waals surface area contributed by atoms with Crippen molar-refractivity contribution in [3.8, 4) is 0 Å². The molecule has 0 aliphatic rings. The van der Waals surface area contributed by atoms with Crippen LogP contribution in [0, 0.1) is 5.95 Å². The molecule has 2 aromatic heterocycles. The number of rotatable bonds is 5. The molecule has 6 heteroatoms. The minimum Gasteiger partial charge on any atom is -0.378 e. The molecule has 0 saturated heterocycles. The van der Waals surface area contributed by atoms with Gasteiger partial charge in [-0.2, -0.15) is 14.6 Å². The van der Waals surface area contributed by atoms with E-state index in [1.54, 1.807) is 12.4 Å². The number of halogens is 1. The minimum absolute atomic E-state index is 0.277. The highest BCUT2D eigenvalue weighted by Gasteiger charge is 2.09. The van der Waals surface area contributed by atoms with Crippen molar-refractivity contribution >= 4 is 5.69 Å². The predicted molar refractivity (Wildman–Crippen MR) is 67.8 cm³/mol. The van der Waals surface area contributed by atoms with E-state index in [0.29, 0.717) is 24.7 Å². The molecule has 5 nitrogen and oxygen atoms in total. The van der Waals surface area contributed by atoms with E-state index in [1.165, 1.54) is 4.68 Å². The number of aromatic nitrogens is 4. The molecule has 2 heterocycles. The summed E-state index contributed by atoms with van der Waals surface area (Å²) in [5.41, 5.74) is 1.45. The Morgan fingerprint density at radius 3 is 2.67 bits per heavy atom. The lowest BCUT2D eigenvalue weighted by molar-refractivity contribution is 0.465. The van der Waals surface area contributed by atoms with Gasteiger partial charge in [-0.05, 0) is 20.8 Å². The van der Waals surface area contributed by atoms with Crippen LogP contribution in [-0.2, 0) is 13.1 Å². The molecule has 0 fully saturated rings. The Bertz CT molecular complexity index is 514. The molecule has 98 valence electrons. The highest BCUT2D eigenvalue weighted by Crippen LogP contribution is 2.13. The summed E-state index contributed by atoms with van der Waals surface area (Å²) in [4.78, 5) is 0. The summed E-state index contributed by atoms with van der Waals surface area (Å²) >= 11 is 0. The molecule has 0 spiro atoms. The molecular weight excluding hydrogens is 233 g/mol. The van der Waals surface area contributed by atoms with E-state index in [0.717, 1.165) is 5.69 Å². The molecule has 0 aliphatic heterocycles. The first-order valence-corrected chi connectivity index (χ1v) is 6.10. The maximum absolute atomic E-state index is 13.7. The van der Waals surface area contributed by atoms with E-state index in [9.17, 15) is 4.39 Å². The predicted octanol–water partition coefficient (Wildman–Crippen LogP) is 2.43. The number of hydrogen-bond donors (Lipinski definition) is 1. The van der Waals surface area contributed by atoms with Gasteiger partial charge in [0.05, 0.1) is 18.1 Å². The maximum Gasteiger partial charge on any atom is 0.216 e. The van der Waals surface area contributed by atoms with Crippen LogP contribution >= 0.6 is 0 Å². The van der Waals surface area contributed by atoms with Crippen molar-refractivity contribution in [3.63, 3.8) is 0 Å². The first-order chi connectivity index (χ1) is 8.61. The molecule has 2 rings (SSSR count). The second-order valence-corrected chi connectivity index (χ2v) is 4.43. The average molecular weight is 251 g/mol. The van der Waals surface area contributed by atoms with Crippen LogP contribution in [0.3, 0.4) is 0 Å². The van der Waals surface area contributed by atoms with E-state index in [2.05, 4.69) is 29.4 Å². The number of nitrogens with one attached hydrogen (secondary N) is 1. The van der Waals surface area contributed by atoms with Gasteiger partial charge < -0.3 is 5.32 Å². The molecule has 0 unspecified atom stereocenters. The monoisotopic (exact) mass is 251 g/mol. The average Bonchev–Trinajstić information content (AvgIpc) is 2.93. The van der Waals surface area contributed by atoms with E-state index >= 15 is 0 Å². The van der Waals surface area contributed by atoms with Gasteiger partial charge in [0.1, 0.15) is 0 Å². The van der Waals surface area contributed by atoms with Crippen molar-refractivity contribution in [1.29, 1.82) is 0 Å². The van der Waals surface area contributed by atoms with Crippen LogP contribution in [0.5, 0.6) is 0 Å². The summed E-state index contributed by atoms with van der Waals surface area (Å²) in [6.07, 6.45) is 5.20. The summed E-state index contributed by atoms with van der Waals surface area (Å²) in [6, 6.07) is 0.320. The summed E-state index contributed by atoms with van der Waals surface area (Å²) in [6.45, 7) is 6.93. The minimum atomic E-state index is -0.277. The first-order valence-electron chi connectivity index (χ1n) is 6.10. The summed E-state index contributed by atoms with van der Waals surface area (Å²) in [5.74, 6) is -0.277. The van der Waals surface area contributed by atoms with E-state index < -0.39 is 0 Å². The first kappa shape index (κ1) is 12.6. The van der Waals surface area contributed by atoms with Gasteiger partial charge in [-0.1, -0.05) is 0 Å². The summed E-state index contributed by atoms with van der Waals surface area (Å²) in [7, 11) is 0. The maximum atomic E-state index is 13.7. The fourth-order valence-electron chi connectivity index (χ4n) is 1.66. The van der Waals surface area contributed by atoms with E-state index in [1.807, 2.05) is 17.8 Å². The Morgan fingerprint density at radius 2 is 2.11 bits per heavy atom.